The number of hydrogen-bond acceptors (Lipinski definition) is 3. The molecule has 0 amide bonds. The van der Waals surface area contributed by atoms with Gasteiger partial charge in [-0.15, -0.1) is 0 Å². The lowest BCUT2D eigenvalue weighted by molar-refractivity contribution is 1.00. The van der Waals surface area contributed by atoms with Gasteiger partial charge in [-0.05, 0) is 250 Å². The molecule has 0 spiro atoms. The monoisotopic (exact) mass is 1790 g/mol. The summed E-state index contributed by atoms with van der Waals surface area (Å²) in [5.41, 5.74) is 65.1. The van der Waals surface area contributed by atoms with Crippen molar-refractivity contribution in [1.82, 2.24) is 0 Å². The van der Waals surface area contributed by atoms with Gasteiger partial charge in [0, 0.05) is 74.8 Å². The molecule has 3 heteroatoms. The zero-order valence-corrected chi connectivity index (χ0v) is 88.3. The van der Waals surface area contributed by atoms with Crippen LogP contribution in [0.2, 0.25) is 0 Å². The highest BCUT2D eigenvalue weighted by molar-refractivity contribution is 6.03. The summed E-state index contributed by atoms with van der Waals surface area (Å²) in [5.74, 6) is 0. The second kappa shape index (κ2) is 49.8. The largest absolute Gasteiger partial charge is 0.309 e. The SMILES string of the molecule is CC.CC.CC.CC.CC.CC.CC.CC.CC.CC.CC.CC.CC.CC.CC.c1ccc2c(c1)Cc1cc3c(cc1-2)-c1ccc2c(c1C3)N1c3ccccc3Cc3cccc(c31)C2.c1ccc2c(c1)Cc1cc3c(cc1-2)-c1ccc2c(c1C3)N1c3ccccc3Cc3cccc(c31)C2.c1ccc2c(c1)Cc1ccc3c(c1-2)-c1ccc2c(c1C3)N1c3ccccc3Cc3cccc(c31)C2. The fourth-order valence-corrected chi connectivity index (χ4v) is 21.7. The highest BCUT2D eigenvalue weighted by atomic mass is 15.2. The molecule has 0 fully saturated rings. The van der Waals surface area contributed by atoms with Crippen molar-refractivity contribution >= 4 is 51.2 Å². The number of para-hydroxylation sites is 6. The van der Waals surface area contributed by atoms with Crippen LogP contribution in [0.25, 0.3) is 66.8 Å². The van der Waals surface area contributed by atoms with Crippen molar-refractivity contribution in [3.63, 3.8) is 0 Å². The summed E-state index contributed by atoms with van der Waals surface area (Å²) in [4.78, 5) is 7.83. The zero-order chi connectivity index (χ0) is 98.0. The first-order valence-corrected chi connectivity index (χ1v) is 53.1. The average Bonchev–Trinajstić information content (AvgIpc) is 1.64. The maximum atomic E-state index is 2.61. The van der Waals surface area contributed by atoms with Gasteiger partial charge in [0.2, 0.25) is 0 Å². The van der Waals surface area contributed by atoms with Crippen LogP contribution in [0.15, 0.2) is 273 Å². The Morgan fingerprint density at radius 3 is 0.659 bits per heavy atom. The minimum absolute atomic E-state index is 1.01. The number of fused-ring (bicyclic) bond motifs is 34. The molecule has 0 saturated carbocycles. The van der Waals surface area contributed by atoms with Crippen LogP contribution in [0.4, 0.5) is 51.2 Å². The molecule has 15 aromatic carbocycles. The van der Waals surface area contributed by atoms with Gasteiger partial charge in [-0.1, -0.05) is 450 Å². The molecule has 3 nitrogen and oxygen atoms in total. The molecular formula is C132H159N3. The van der Waals surface area contributed by atoms with E-state index in [4.69, 9.17) is 0 Å². The predicted molar refractivity (Wildman–Crippen MR) is 600 cm³/mol. The van der Waals surface area contributed by atoms with Gasteiger partial charge < -0.3 is 14.7 Å². The first kappa shape index (κ1) is 105. The Kier molecular flexibility index (Phi) is 38.6. The Hall–Kier alpha value is -12.3. The smallest absolute Gasteiger partial charge is 0.0538 e. The maximum Gasteiger partial charge on any atom is 0.0538 e. The molecule has 0 bridgehead atoms. The van der Waals surface area contributed by atoms with E-state index in [1.54, 1.807) is 0 Å². The normalized spacial score (nSPS) is 12.3. The Bertz CT molecular complexity index is 6210. The van der Waals surface area contributed by atoms with Crippen LogP contribution in [0.1, 0.15) is 341 Å². The Balaban J connectivity index is 0.000000184. The Labute approximate surface area is 818 Å². The van der Waals surface area contributed by atoms with Gasteiger partial charge in [0.25, 0.3) is 0 Å². The summed E-state index contributed by atoms with van der Waals surface area (Å²) >= 11 is 0. The van der Waals surface area contributed by atoms with Crippen molar-refractivity contribution in [2.75, 3.05) is 14.7 Å². The molecule has 27 rings (SSSR count). The number of benzene rings is 15. The third-order valence-electron chi connectivity index (χ3n) is 26.1. The van der Waals surface area contributed by atoms with E-state index in [0.29, 0.717) is 0 Å². The second-order valence-corrected chi connectivity index (χ2v) is 31.5. The van der Waals surface area contributed by atoms with Crippen LogP contribution >= 0.6 is 0 Å². The summed E-state index contributed by atoms with van der Waals surface area (Å²) < 4.78 is 0. The van der Waals surface area contributed by atoms with Crippen LogP contribution in [0.3, 0.4) is 0 Å². The molecule has 12 aliphatic rings. The summed E-state index contributed by atoms with van der Waals surface area (Å²) in [7, 11) is 0. The summed E-state index contributed by atoms with van der Waals surface area (Å²) in [6.07, 6.45) is 12.3. The standard InChI is InChI=1S/3C34H23N.15C2H6/c2*1-3-10-27-20(6-1)14-25-17-26-18-31-28(30(26)19-29(25)27)13-12-24-16-23-9-5-8-22-15-21-7-2-4-11-32(21)35(33(22)23)34(24)31;1-3-10-27-20(6-1)16-22-12-13-23-19-29-28(32(23)31(22)27)15-14-26-18-25-9-5-8-24-17-21-7-2-4-11-30(21)35(33(24)25)34(26)29;15*1-2/h2*1-13,17,19H,14-16,18H2;1-15H,16-19H2;15*1-2H3. The van der Waals surface area contributed by atoms with E-state index in [9.17, 15) is 0 Å². The third-order valence-corrected chi connectivity index (χ3v) is 26.1. The molecule has 6 heterocycles. The van der Waals surface area contributed by atoms with E-state index in [1.165, 1.54) is 251 Å². The van der Waals surface area contributed by atoms with Gasteiger partial charge in [0.1, 0.15) is 0 Å². The minimum atomic E-state index is 1.01. The Morgan fingerprint density at radius 2 is 0.326 bits per heavy atom. The number of nitrogens with zero attached hydrogens (tertiary/aromatic N) is 3. The highest BCUT2D eigenvalue weighted by Crippen LogP contribution is 2.61. The molecule has 0 N–H and O–H groups in total. The fourth-order valence-electron chi connectivity index (χ4n) is 21.7. The second-order valence-electron chi connectivity index (χ2n) is 31.5. The van der Waals surface area contributed by atoms with E-state index in [2.05, 4.69) is 288 Å². The van der Waals surface area contributed by atoms with Crippen molar-refractivity contribution in [3.8, 4) is 66.8 Å². The molecule has 0 aromatic heterocycles. The van der Waals surface area contributed by atoms with Crippen molar-refractivity contribution < 1.29 is 0 Å². The van der Waals surface area contributed by atoms with Crippen LogP contribution < -0.4 is 14.7 Å². The molecule has 6 aliphatic heterocycles. The van der Waals surface area contributed by atoms with Crippen LogP contribution in [-0.2, 0) is 77.0 Å². The molecule has 0 radical (unpaired) electrons. The van der Waals surface area contributed by atoms with Crippen LogP contribution in [0.5, 0.6) is 0 Å². The fraction of sp³-hybridized carbons (Fsp3) is 0.318. The molecule has 0 saturated heterocycles. The van der Waals surface area contributed by atoms with Gasteiger partial charge in [-0.25, -0.2) is 0 Å². The molecule has 6 aliphatic carbocycles. The van der Waals surface area contributed by atoms with E-state index in [1.807, 2.05) is 208 Å². The third kappa shape index (κ3) is 18.9. The molecule has 0 atom stereocenters. The average molecular weight is 1790 g/mol. The van der Waals surface area contributed by atoms with Crippen molar-refractivity contribution in [1.29, 1.82) is 0 Å². The lowest BCUT2D eigenvalue weighted by Gasteiger charge is -2.40. The minimum Gasteiger partial charge on any atom is -0.309 e. The number of hydrogen-bond donors (Lipinski definition) is 0. The summed E-state index contributed by atoms with van der Waals surface area (Å²) in [6.45, 7) is 60.0. The van der Waals surface area contributed by atoms with Crippen molar-refractivity contribution in [3.05, 3.63) is 407 Å². The predicted octanol–water partition coefficient (Wildman–Crippen LogP) is 39.7. The first-order valence-electron chi connectivity index (χ1n) is 53.1. The van der Waals surface area contributed by atoms with Gasteiger partial charge in [0.15, 0.2) is 0 Å². The Morgan fingerprint density at radius 1 is 0.126 bits per heavy atom. The molecule has 702 valence electrons. The topological polar surface area (TPSA) is 9.72 Å². The molecule has 0 unspecified atom stereocenters. The van der Waals surface area contributed by atoms with Crippen LogP contribution in [0, 0.1) is 0 Å². The molecule has 135 heavy (non-hydrogen) atoms. The van der Waals surface area contributed by atoms with Gasteiger partial charge >= 0.3 is 0 Å². The lowest BCUT2D eigenvalue weighted by atomic mass is 9.84. The lowest BCUT2D eigenvalue weighted by Crippen LogP contribution is -2.25. The molecular weight excluding hydrogens is 1630 g/mol. The first-order chi connectivity index (χ1) is 67.0. The summed E-state index contributed by atoms with van der Waals surface area (Å²) in [5, 5.41) is 0. The van der Waals surface area contributed by atoms with Crippen LogP contribution in [-0.4, -0.2) is 0 Å². The van der Waals surface area contributed by atoms with Gasteiger partial charge in [-0.3, -0.25) is 0 Å². The van der Waals surface area contributed by atoms with Gasteiger partial charge in [-0.2, -0.15) is 0 Å². The van der Waals surface area contributed by atoms with E-state index >= 15 is 0 Å². The molecule has 15 aromatic rings. The zero-order valence-electron chi connectivity index (χ0n) is 88.3. The van der Waals surface area contributed by atoms with E-state index < -0.39 is 0 Å². The number of rotatable bonds is 0. The van der Waals surface area contributed by atoms with E-state index in [0.717, 1.165) is 77.0 Å². The van der Waals surface area contributed by atoms with Crippen molar-refractivity contribution in [2.45, 2.75) is 285 Å². The quantitative estimate of drug-likeness (QED) is 0.150. The summed E-state index contributed by atoms with van der Waals surface area (Å²) in [6, 6.07) is 104. The number of anilines is 9. The highest BCUT2D eigenvalue weighted by Gasteiger charge is 2.42. The van der Waals surface area contributed by atoms with Crippen molar-refractivity contribution in [2.24, 2.45) is 0 Å². The maximum absolute atomic E-state index is 2.61. The van der Waals surface area contributed by atoms with E-state index in [-0.39, 0.29) is 0 Å². The van der Waals surface area contributed by atoms with Gasteiger partial charge in [0.05, 0.1) is 34.1 Å².